The summed E-state index contributed by atoms with van der Waals surface area (Å²) in [4.78, 5) is 0. The molecule has 0 N–H and O–H groups in total. The summed E-state index contributed by atoms with van der Waals surface area (Å²) in [6.45, 7) is 18.1. The third-order valence-corrected chi connectivity index (χ3v) is 2.72. The molecule has 4 heteroatoms. The Balaban J connectivity index is 2.41. The molecule has 2 fully saturated rings. The molecule has 0 radical (unpaired) electrons. The van der Waals surface area contributed by atoms with Gasteiger partial charge in [0, 0.05) is 13.8 Å². The molecule has 2 aliphatic rings. The minimum Gasteiger partial charge on any atom is -0.442 e. The average Bonchev–Trinajstić information content (AvgIpc) is 2.12. The van der Waals surface area contributed by atoms with Gasteiger partial charge in [-0.3, -0.25) is 0 Å². The van der Waals surface area contributed by atoms with Gasteiger partial charge in [0.05, 0.1) is 0 Å². The molecule has 2 saturated heterocycles. The molecule has 4 nitrogen and oxygen atoms in total. The van der Waals surface area contributed by atoms with Crippen LogP contribution in [0.5, 0.6) is 0 Å². The smallest absolute Gasteiger partial charge is 0.326 e. The van der Waals surface area contributed by atoms with Gasteiger partial charge < -0.3 is 18.9 Å². The molecule has 86 valence electrons. The van der Waals surface area contributed by atoms with Crippen molar-refractivity contribution in [2.24, 2.45) is 0 Å². The van der Waals surface area contributed by atoms with Crippen molar-refractivity contribution >= 4 is 0 Å². The minimum atomic E-state index is -1.15. The van der Waals surface area contributed by atoms with Gasteiger partial charge in [0.15, 0.2) is 23.0 Å². The Labute approximate surface area is 94.4 Å². The predicted molar refractivity (Wildman–Crippen MR) is 57.7 cm³/mol. The van der Waals surface area contributed by atoms with E-state index in [9.17, 15) is 0 Å². The van der Waals surface area contributed by atoms with Gasteiger partial charge >= 0.3 is 11.6 Å². The molecule has 0 atom stereocenters. The van der Waals surface area contributed by atoms with Crippen LogP contribution in [0, 0.1) is 0 Å². The number of rotatable bonds is 0. The fourth-order valence-electron chi connectivity index (χ4n) is 1.58. The maximum absolute atomic E-state index is 5.54. The molecule has 16 heavy (non-hydrogen) atoms. The molecule has 0 aromatic carbocycles. The maximum Gasteiger partial charge on any atom is 0.326 e. The summed E-state index contributed by atoms with van der Waals surface area (Å²) in [7, 11) is 0. The van der Waals surface area contributed by atoms with E-state index in [1.165, 1.54) is 0 Å². The van der Waals surface area contributed by atoms with Gasteiger partial charge in [-0.25, -0.2) is 0 Å². The second-order valence-electron chi connectivity index (χ2n) is 3.99. The molecule has 2 aliphatic heterocycles. The predicted octanol–water partition coefficient (Wildman–Crippen LogP) is 2.57. The topological polar surface area (TPSA) is 36.9 Å². The first-order chi connectivity index (χ1) is 7.27. The summed E-state index contributed by atoms with van der Waals surface area (Å²) < 4.78 is 22.2. The van der Waals surface area contributed by atoms with E-state index in [1.54, 1.807) is 13.8 Å². The molecular weight excluding hydrogens is 208 g/mol. The first-order valence-electron chi connectivity index (χ1n) is 4.80. The van der Waals surface area contributed by atoms with Crippen molar-refractivity contribution in [1.29, 1.82) is 0 Å². The van der Waals surface area contributed by atoms with Crippen LogP contribution in [-0.4, -0.2) is 11.6 Å². The molecule has 0 aliphatic carbocycles. The van der Waals surface area contributed by atoms with E-state index in [2.05, 4.69) is 26.3 Å². The Bertz CT molecular complexity index is 347. The van der Waals surface area contributed by atoms with Crippen LogP contribution in [0.4, 0.5) is 0 Å². The largest absolute Gasteiger partial charge is 0.442 e. The summed E-state index contributed by atoms with van der Waals surface area (Å²) in [6.07, 6.45) is 0. The monoisotopic (exact) mass is 222 g/mol. The van der Waals surface area contributed by atoms with Crippen LogP contribution in [0.25, 0.3) is 0 Å². The van der Waals surface area contributed by atoms with Crippen molar-refractivity contribution in [1.82, 2.24) is 0 Å². The molecule has 0 amide bonds. The van der Waals surface area contributed by atoms with Gasteiger partial charge in [-0.1, -0.05) is 26.3 Å². The summed E-state index contributed by atoms with van der Waals surface area (Å²) >= 11 is 0. The lowest BCUT2D eigenvalue weighted by Gasteiger charge is -2.51. The second-order valence-corrected chi connectivity index (χ2v) is 3.99. The second kappa shape index (κ2) is 2.84. The normalized spacial score (nSPS) is 37.9. The molecule has 0 saturated carbocycles. The van der Waals surface area contributed by atoms with E-state index in [1.807, 2.05) is 0 Å². The van der Waals surface area contributed by atoms with Crippen molar-refractivity contribution in [2.45, 2.75) is 25.4 Å². The van der Waals surface area contributed by atoms with E-state index < -0.39 is 11.6 Å². The van der Waals surface area contributed by atoms with E-state index in [4.69, 9.17) is 18.9 Å². The minimum absolute atomic E-state index is 0.309. The van der Waals surface area contributed by atoms with Gasteiger partial charge in [0.2, 0.25) is 0 Å². The lowest BCUT2D eigenvalue weighted by atomic mass is 10.1. The summed E-state index contributed by atoms with van der Waals surface area (Å²) in [5.41, 5.74) is 0. The first-order valence-corrected chi connectivity index (χ1v) is 4.80. The zero-order valence-electron chi connectivity index (χ0n) is 9.46. The zero-order chi connectivity index (χ0) is 12.1. The van der Waals surface area contributed by atoms with Crippen LogP contribution in [0.1, 0.15) is 13.8 Å². The highest BCUT2D eigenvalue weighted by Crippen LogP contribution is 2.47. The summed E-state index contributed by atoms with van der Waals surface area (Å²) in [5.74, 6) is -1.06. The van der Waals surface area contributed by atoms with Crippen molar-refractivity contribution < 1.29 is 18.9 Å². The Morgan fingerprint density at radius 1 is 0.625 bits per heavy atom. The van der Waals surface area contributed by atoms with Gasteiger partial charge in [0.1, 0.15) is 0 Å². The fourth-order valence-corrected chi connectivity index (χ4v) is 1.58. The Morgan fingerprint density at radius 3 is 1.00 bits per heavy atom. The van der Waals surface area contributed by atoms with Crippen LogP contribution in [-0.2, 0) is 18.9 Å². The third-order valence-electron chi connectivity index (χ3n) is 2.72. The molecule has 0 bridgehead atoms. The number of fused-ring (bicyclic) bond motifs is 1. The van der Waals surface area contributed by atoms with Gasteiger partial charge in [-0.15, -0.1) is 0 Å². The van der Waals surface area contributed by atoms with Gasteiger partial charge in [0.25, 0.3) is 0 Å². The Kier molecular flexibility index (Phi) is 1.90. The number of hydrogen-bond donors (Lipinski definition) is 0. The quantitative estimate of drug-likeness (QED) is 0.631. The number of hydrogen-bond acceptors (Lipinski definition) is 4. The van der Waals surface area contributed by atoms with Crippen molar-refractivity contribution in [3.05, 3.63) is 49.4 Å². The molecule has 0 unspecified atom stereocenters. The third kappa shape index (κ3) is 1.23. The zero-order valence-corrected chi connectivity index (χ0v) is 9.46. The van der Waals surface area contributed by atoms with E-state index in [-0.39, 0.29) is 0 Å². The molecule has 2 heterocycles. The lowest BCUT2D eigenvalue weighted by molar-refractivity contribution is -0.395. The standard InChI is InChI=1S/C12H14O4/c1-7-8(2)14-12(6)11(5,13-7)15-9(3)10(4)16-12/h1-4H2,5-6H3. The SMILES string of the molecule is C=C1OC2(C)OC(=C)C(=C)OC2(C)OC1=C. The molecule has 2 rings (SSSR count). The lowest BCUT2D eigenvalue weighted by Crippen LogP contribution is -2.61. The highest BCUT2D eigenvalue weighted by molar-refractivity contribution is 5.24. The Morgan fingerprint density at radius 2 is 0.812 bits per heavy atom. The van der Waals surface area contributed by atoms with Crippen LogP contribution in [0.3, 0.4) is 0 Å². The average molecular weight is 222 g/mol. The highest BCUT2D eigenvalue weighted by atomic mass is 16.8. The van der Waals surface area contributed by atoms with Crippen LogP contribution < -0.4 is 0 Å². The van der Waals surface area contributed by atoms with Gasteiger partial charge in [-0.05, 0) is 0 Å². The maximum atomic E-state index is 5.54. The van der Waals surface area contributed by atoms with Crippen molar-refractivity contribution in [3.63, 3.8) is 0 Å². The Hall–Kier alpha value is -1.84. The molecule has 0 spiro atoms. The fraction of sp³-hybridized carbons (Fsp3) is 0.333. The van der Waals surface area contributed by atoms with E-state index >= 15 is 0 Å². The highest BCUT2D eigenvalue weighted by Gasteiger charge is 2.61. The van der Waals surface area contributed by atoms with E-state index in [0.717, 1.165) is 0 Å². The molecule has 0 aromatic heterocycles. The number of ether oxygens (including phenoxy) is 4. The van der Waals surface area contributed by atoms with Crippen LogP contribution in [0.15, 0.2) is 49.4 Å². The van der Waals surface area contributed by atoms with Crippen LogP contribution in [0.2, 0.25) is 0 Å². The van der Waals surface area contributed by atoms with Crippen molar-refractivity contribution in [3.8, 4) is 0 Å². The van der Waals surface area contributed by atoms with Crippen LogP contribution >= 0.6 is 0 Å². The van der Waals surface area contributed by atoms with Crippen molar-refractivity contribution in [2.75, 3.05) is 0 Å². The summed E-state index contributed by atoms with van der Waals surface area (Å²) in [6, 6.07) is 0. The van der Waals surface area contributed by atoms with Gasteiger partial charge in [-0.2, -0.15) is 0 Å². The molecule has 0 aromatic rings. The first kappa shape index (κ1) is 10.7. The summed E-state index contributed by atoms with van der Waals surface area (Å²) in [5, 5.41) is 0. The van der Waals surface area contributed by atoms with E-state index in [0.29, 0.717) is 23.0 Å². The molecular formula is C12H14O4.